The van der Waals surface area contributed by atoms with Gasteiger partial charge in [0.2, 0.25) is 0 Å². The van der Waals surface area contributed by atoms with E-state index in [0.717, 1.165) is 6.07 Å². The van der Waals surface area contributed by atoms with Crippen LogP contribution in [0.15, 0.2) is 18.2 Å². The summed E-state index contributed by atoms with van der Waals surface area (Å²) < 4.78 is 17.8. The first-order chi connectivity index (χ1) is 8.51. The third kappa shape index (κ3) is 5.14. The topological polar surface area (TPSA) is 72.5 Å². The van der Waals surface area contributed by atoms with Crippen molar-refractivity contribution in [1.29, 1.82) is 0 Å². The number of rotatable bonds is 6. The summed E-state index contributed by atoms with van der Waals surface area (Å²) in [5, 5.41) is 9.24. The van der Waals surface area contributed by atoms with Crippen molar-refractivity contribution in [2.45, 2.75) is 32.2 Å². The third-order valence-corrected chi connectivity index (χ3v) is 2.46. The summed E-state index contributed by atoms with van der Waals surface area (Å²) in [6.45, 7) is 2.10. The Labute approximate surface area is 106 Å². The molecule has 0 aromatic heterocycles. The first-order valence-electron chi connectivity index (χ1n) is 5.91. The van der Waals surface area contributed by atoms with Gasteiger partial charge in [-0.05, 0) is 37.5 Å². The van der Waals surface area contributed by atoms with Gasteiger partial charge < -0.3 is 15.6 Å². The van der Waals surface area contributed by atoms with Crippen LogP contribution in [0.25, 0.3) is 0 Å². The molecule has 0 spiro atoms. The van der Waals surface area contributed by atoms with Crippen LogP contribution in [0.3, 0.4) is 0 Å². The maximum absolute atomic E-state index is 13.0. The Kier molecular flexibility index (Phi) is 5.58. The second-order valence-electron chi connectivity index (χ2n) is 4.13. The number of benzene rings is 1. The van der Waals surface area contributed by atoms with Crippen LogP contribution in [0, 0.1) is 5.82 Å². The summed E-state index contributed by atoms with van der Waals surface area (Å²) >= 11 is 0. The Hall–Kier alpha value is -1.62. The Balaban J connectivity index is 2.44. The van der Waals surface area contributed by atoms with Crippen LogP contribution in [-0.2, 0) is 16.0 Å². The molecule has 1 atom stereocenters. The molecule has 0 amide bonds. The van der Waals surface area contributed by atoms with Crippen molar-refractivity contribution in [1.82, 2.24) is 0 Å². The first kappa shape index (κ1) is 14.4. The molecule has 0 aliphatic rings. The van der Waals surface area contributed by atoms with E-state index in [-0.39, 0.29) is 24.2 Å². The van der Waals surface area contributed by atoms with Gasteiger partial charge in [-0.25, -0.2) is 4.39 Å². The minimum atomic E-state index is -0.498. The molecule has 1 aromatic rings. The molecule has 1 aromatic carbocycles. The van der Waals surface area contributed by atoms with Crippen molar-refractivity contribution in [2.24, 2.45) is 5.73 Å². The SMILES string of the molecule is CCOC(=O)CCC(N)Cc1cc(O)cc(F)c1. The number of carbonyl (C=O) groups excluding carboxylic acids is 1. The summed E-state index contributed by atoms with van der Waals surface area (Å²) in [7, 11) is 0. The smallest absolute Gasteiger partial charge is 0.305 e. The van der Waals surface area contributed by atoms with E-state index in [1.807, 2.05) is 0 Å². The molecule has 0 aliphatic carbocycles. The quantitative estimate of drug-likeness (QED) is 0.759. The number of aromatic hydroxyl groups is 1. The lowest BCUT2D eigenvalue weighted by Gasteiger charge is -2.11. The van der Waals surface area contributed by atoms with E-state index in [9.17, 15) is 14.3 Å². The second kappa shape index (κ2) is 6.96. The zero-order chi connectivity index (χ0) is 13.5. The van der Waals surface area contributed by atoms with E-state index < -0.39 is 5.82 Å². The molecular weight excluding hydrogens is 237 g/mol. The fourth-order valence-corrected chi connectivity index (χ4v) is 1.69. The molecule has 1 rings (SSSR count). The van der Waals surface area contributed by atoms with Crippen LogP contribution < -0.4 is 5.73 Å². The lowest BCUT2D eigenvalue weighted by atomic mass is 10.0. The number of hydrogen-bond acceptors (Lipinski definition) is 4. The number of phenols is 1. The molecule has 18 heavy (non-hydrogen) atoms. The molecule has 0 saturated heterocycles. The van der Waals surface area contributed by atoms with E-state index in [1.54, 1.807) is 6.92 Å². The van der Waals surface area contributed by atoms with Crippen molar-refractivity contribution in [2.75, 3.05) is 6.61 Å². The van der Waals surface area contributed by atoms with E-state index in [2.05, 4.69) is 0 Å². The lowest BCUT2D eigenvalue weighted by molar-refractivity contribution is -0.143. The Bertz CT molecular complexity index is 389. The Morgan fingerprint density at radius 1 is 1.50 bits per heavy atom. The minimum Gasteiger partial charge on any atom is -0.508 e. The average molecular weight is 255 g/mol. The van der Waals surface area contributed by atoms with Gasteiger partial charge in [-0.1, -0.05) is 0 Å². The number of ether oxygens (including phenoxy) is 1. The van der Waals surface area contributed by atoms with E-state index >= 15 is 0 Å². The fraction of sp³-hybridized carbons (Fsp3) is 0.462. The molecule has 5 heteroatoms. The number of nitrogens with two attached hydrogens (primary N) is 1. The van der Waals surface area contributed by atoms with Crippen molar-refractivity contribution in [3.63, 3.8) is 0 Å². The largest absolute Gasteiger partial charge is 0.508 e. The van der Waals surface area contributed by atoms with Crippen molar-refractivity contribution < 1.29 is 19.0 Å². The van der Waals surface area contributed by atoms with Crippen LogP contribution in [0.4, 0.5) is 4.39 Å². The third-order valence-electron chi connectivity index (χ3n) is 2.46. The normalized spacial score (nSPS) is 12.2. The summed E-state index contributed by atoms with van der Waals surface area (Å²) in [6, 6.07) is 3.56. The van der Waals surface area contributed by atoms with Gasteiger partial charge >= 0.3 is 5.97 Å². The molecule has 100 valence electrons. The highest BCUT2D eigenvalue weighted by molar-refractivity contribution is 5.69. The predicted molar refractivity (Wildman–Crippen MR) is 65.6 cm³/mol. The first-order valence-corrected chi connectivity index (χ1v) is 5.91. The zero-order valence-corrected chi connectivity index (χ0v) is 10.4. The van der Waals surface area contributed by atoms with E-state index in [4.69, 9.17) is 10.5 Å². The summed E-state index contributed by atoms with van der Waals surface area (Å²) in [5.74, 6) is -0.903. The predicted octanol–water partition coefficient (Wildman–Crippen LogP) is 1.74. The lowest BCUT2D eigenvalue weighted by Crippen LogP contribution is -2.24. The Morgan fingerprint density at radius 2 is 2.22 bits per heavy atom. The summed E-state index contributed by atoms with van der Waals surface area (Å²) in [5.41, 5.74) is 6.45. The second-order valence-corrected chi connectivity index (χ2v) is 4.13. The maximum atomic E-state index is 13.0. The van der Waals surface area contributed by atoms with E-state index in [1.165, 1.54) is 12.1 Å². The molecule has 3 N–H and O–H groups in total. The minimum absolute atomic E-state index is 0.123. The molecule has 1 unspecified atom stereocenters. The van der Waals surface area contributed by atoms with Gasteiger partial charge in [0.05, 0.1) is 6.61 Å². The highest BCUT2D eigenvalue weighted by Gasteiger charge is 2.10. The molecule has 0 saturated carbocycles. The average Bonchev–Trinajstić information content (AvgIpc) is 2.25. The molecule has 0 fully saturated rings. The summed E-state index contributed by atoms with van der Waals surface area (Å²) in [4.78, 5) is 11.1. The zero-order valence-electron chi connectivity index (χ0n) is 10.4. The molecular formula is C13H18FNO3. The molecule has 0 heterocycles. The highest BCUT2D eigenvalue weighted by Crippen LogP contribution is 2.16. The molecule has 0 bridgehead atoms. The van der Waals surface area contributed by atoms with Gasteiger partial charge in [0, 0.05) is 18.5 Å². The van der Waals surface area contributed by atoms with Gasteiger partial charge in [-0.3, -0.25) is 4.79 Å². The van der Waals surface area contributed by atoms with Crippen LogP contribution in [0.5, 0.6) is 5.75 Å². The van der Waals surface area contributed by atoms with Crippen molar-refractivity contribution in [3.8, 4) is 5.75 Å². The van der Waals surface area contributed by atoms with Crippen molar-refractivity contribution >= 4 is 5.97 Å². The van der Waals surface area contributed by atoms with Crippen LogP contribution in [-0.4, -0.2) is 23.7 Å². The number of esters is 1. The van der Waals surface area contributed by atoms with Gasteiger partial charge in [0.25, 0.3) is 0 Å². The number of carbonyl (C=O) groups is 1. The van der Waals surface area contributed by atoms with Gasteiger partial charge in [0.15, 0.2) is 0 Å². The van der Waals surface area contributed by atoms with Crippen LogP contribution >= 0.6 is 0 Å². The highest BCUT2D eigenvalue weighted by atomic mass is 19.1. The van der Waals surface area contributed by atoms with Gasteiger partial charge in [-0.15, -0.1) is 0 Å². The molecule has 0 radical (unpaired) electrons. The number of halogens is 1. The Morgan fingerprint density at radius 3 is 2.83 bits per heavy atom. The van der Waals surface area contributed by atoms with Gasteiger partial charge in [-0.2, -0.15) is 0 Å². The fourth-order valence-electron chi connectivity index (χ4n) is 1.69. The maximum Gasteiger partial charge on any atom is 0.305 e. The number of phenolic OH excluding ortho intramolecular Hbond substituents is 1. The number of hydrogen-bond donors (Lipinski definition) is 2. The molecule has 0 aliphatic heterocycles. The van der Waals surface area contributed by atoms with Crippen LogP contribution in [0.1, 0.15) is 25.3 Å². The van der Waals surface area contributed by atoms with Gasteiger partial charge in [0.1, 0.15) is 11.6 Å². The van der Waals surface area contributed by atoms with E-state index in [0.29, 0.717) is 25.0 Å². The van der Waals surface area contributed by atoms with Crippen LogP contribution in [0.2, 0.25) is 0 Å². The standard InChI is InChI=1S/C13H18FNO3/c1-2-18-13(17)4-3-11(15)6-9-5-10(14)8-12(16)7-9/h5,7-8,11,16H,2-4,6,15H2,1H3. The summed E-state index contributed by atoms with van der Waals surface area (Å²) in [6.07, 6.45) is 1.12. The molecule has 4 nitrogen and oxygen atoms in total. The van der Waals surface area contributed by atoms with Crippen molar-refractivity contribution in [3.05, 3.63) is 29.6 Å². The monoisotopic (exact) mass is 255 g/mol.